The minimum atomic E-state index is -4.71. The van der Waals surface area contributed by atoms with E-state index in [-0.39, 0.29) is 23.7 Å². The molecule has 86 valence electrons. The lowest BCUT2D eigenvalue weighted by molar-refractivity contribution is -0.274. The molecule has 7 heteroatoms. The van der Waals surface area contributed by atoms with E-state index in [2.05, 4.69) is 9.72 Å². The standard InChI is InChI=1S/C9H7F3N2O2/c10-9(11,12)16-5-1-2-7-6(3-5)14-8(4-13)15-7/h1-3H,4,13H2. The molecule has 0 aliphatic carbocycles. The van der Waals surface area contributed by atoms with Crippen LogP contribution in [0.25, 0.3) is 11.1 Å². The van der Waals surface area contributed by atoms with E-state index in [0.29, 0.717) is 5.58 Å². The molecule has 1 heterocycles. The van der Waals surface area contributed by atoms with Gasteiger partial charge in [-0.1, -0.05) is 0 Å². The summed E-state index contributed by atoms with van der Waals surface area (Å²) in [4.78, 5) is 3.88. The number of aromatic nitrogens is 1. The number of oxazole rings is 1. The molecule has 0 unspecified atom stereocenters. The molecule has 0 aliphatic heterocycles. The smallest absolute Gasteiger partial charge is 0.439 e. The molecular weight excluding hydrogens is 225 g/mol. The van der Waals surface area contributed by atoms with Gasteiger partial charge in [-0.3, -0.25) is 0 Å². The van der Waals surface area contributed by atoms with E-state index in [1.807, 2.05) is 0 Å². The second-order valence-electron chi connectivity index (χ2n) is 2.99. The van der Waals surface area contributed by atoms with E-state index in [9.17, 15) is 13.2 Å². The Balaban J connectivity index is 2.36. The van der Waals surface area contributed by atoms with Gasteiger partial charge < -0.3 is 14.9 Å². The van der Waals surface area contributed by atoms with Gasteiger partial charge in [-0.05, 0) is 12.1 Å². The van der Waals surface area contributed by atoms with Crippen LogP contribution < -0.4 is 10.5 Å². The molecule has 0 saturated carbocycles. The van der Waals surface area contributed by atoms with Crippen LogP contribution in [-0.2, 0) is 6.54 Å². The van der Waals surface area contributed by atoms with Gasteiger partial charge in [0.1, 0.15) is 11.3 Å². The highest BCUT2D eigenvalue weighted by Crippen LogP contribution is 2.26. The zero-order valence-electron chi connectivity index (χ0n) is 7.91. The lowest BCUT2D eigenvalue weighted by Gasteiger charge is -2.07. The highest BCUT2D eigenvalue weighted by atomic mass is 19.4. The van der Waals surface area contributed by atoms with Crippen molar-refractivity contribution in [3.63, 3.8) is 0 Å². The molecule has 0 atom stereocenters. The molecule has 0 radical (unpaired) electrons. The first-order valence-electron chi connectivity index (χ1n) is 4.33. The third-order valence-electron chi connectivity index (χ3n) is 1.81. The number of nitrogens with two attached hydrogens (primary N) is 1. The number of ether oxygens (including phenoxy) is 1. The molecule has 0 fully saturated rings. The van der Waals surface area contributed by atoms with Crippen molar-refractivity contribution in [1.29, 1.82) is 0 Å². The van der Waals surface area contributed by atoms with Crippen LogP contribution >= 0.6 is 0 Å². The number of benzene rings is 1. The minimum absolute atomic E-state index is 0.0874. The number of alkyl halides is 3. The van der Waals surface area contributed by atoms with Gasteiger partial charge in [0.2, 0.25) is 5.89 Å². The molecule has 0 aliphatic rings. The first-order chi connectivity index (χ1) is 7.48. The Labute approximate surface area is 87.8 Å². The van der Waals surface area contributed by atoms with Gasteiger partial charge in [0.25, 0.3) is 0 Å². The number of hydrogen-bond acceptors (Lipinski definition) is 4. The topological polar surface area (TPSA) is 61.3 Å². The molecule has 2 N–H and O–H groups in total. The molecule has 2 aromatic rings. The van der Waals surface area contributed by atoms with E-state index in [1.165, 1.54) is 6.07 Å². The number of rotatable bonds is 2. The minimum Gasteiger partial charge on any atom is -0.439 e. The fourth-order valence-corrected chi connectivity index (χ4v) is 1.24. The van der Waals surface area contributed by atoms with Crippen molar-refractivity contribution in [3.8, 4) is 5.75 Å². The summed E-state index contributed by atoms with van der Waals surface area (Å²) in [5.74, 6) is -0.0731. The van der Waals surface area contributed by atoms with Crippen molar-refractivity contribution in [1.82, 2.24) is 4.98 Å². The maximum Gasteiger partial charge on any atom is 0.573 e. The van der Waals surface area contributed by atoms with Crippen molar-refractivity contribution in [3.05, 3.63) is 24.1 Å². The predicted octanol–water partition coefficient (Wildman–Crippen LogP) is 2.19. The van der Waals surface area contributed by atoms with Gasteiger partial charge in [-0.2, -0.15) is 0 Å². The van der Waals surface area contributed by atoms with Gasteiger partial charge in [-0.15, -0.1) is 13.2 Å². The van der Waals surface area contributed by atoms with E-state index in [0.717, 1.165) is 12.1 Å². The first kappa shape index (κ1) is 10.7. The van der Waals surface area contributed by atoms with E-state index >= 15 is 0 Å². The summed E-state index contributed by atoms with van der Waals surface area (Å²) in [5.41, 5.74) is 5.94. The molecule has 0 bridgehead atoms. The Bertz CT molecular complexity index is 507. The van der Waals surface area contributed by atoms with E-state index < -0.39 is 6.36 Å². The summed E-state index contributed by atoms with van der Waals surface area (Å²) in [6.45, 7) is 0.0874. The fraction of sp³-hybridized carbons (Fsp3) is 0.222. The lowest BCUT2D eigenvalue weighted by Crippen LogP contribution is -2.16. The lowest BCUT2D eigenvalue weighted by atomic mass is 10.3. The quantitative estimate of drug-likeness (QED) is 0.862. The Morgan fingerprint density at radius 1 is 1.38 bits per heavy atom. The Morgan fingerprint density at radius 3 is 2.75 bits per heavy atom. The predicted molar refractivity (Wildman–Crippen MR) is 48.6 cm³/mol. The van der Waals surface area contributed by atoms with Crippen LogP contribution in [0.5, 0.6) is 5.75 Å². The largest absolute Gasteiger partial charge is 0.573 e. The third-order valence-corrected chi connectivity index (χ3v) is 1.81. The van der Waals surface area contributed by atoms with Crippen LogP contribution in [0.1, 0.15) is 5.89 Å². The zero-order valence-corrected chi connectivity index (χ0v) is 7.91. The van der Waals surface area contributed by atoms with E-state index in [1.54, 1.807) is 0 Å². The maximum atomic E-state index is 11.9. The molecule has 2 rings (SSSR count). The monoisotopic (exact) mass is 232 g/mol. The Kier molecular flexibility index (Phi) is 2.47. The summed E-state index contributed by atoms with van der Waals surface area (Å²) in [7, 11) is 0. The van der Waals surface area contributed by atoms with Crippen LogP contribution in [0, 0.1) is 0 Å². The van der Waals surface area contributed by atoms with Gasteiger partial charge in [0.05, 0.1) is 6.54 Å². The molecule has 0 saturated heterocycles. The van der Waals surface area contributed by atoms with Crippen molar-refractivity contribution >= 4 is 11.1 Å². The molecular formula is C9H7F3N2O2. The molecule has 0 spiro atoms. The number of hydrogen-bond donors (Lipinski definition) is 1. The van der Waals surface area contributed by atoms with Gasteiger partial charge in [0.15, 0.2) is 5.58 Å². The first-order valence-corrected chi connectivity index (χ1v) is 4.33. The molecule has 1 aromatic heterocycles. The average molecular weight is 232 g/mol. The summed E-state index contributed by atoms with van der Waals surface area (Å²) >= 11 is 0. The molecule has 4 nitrogen and oxygen atoms in total. The molecule has 16 heavy (non-hydrogen) atoms. The Hall–Kier alpha value is -1.76. The summed E-state index contributed by atoms with van der Waals surface area (Å²) < 4.78 is 44.6. The van der Waals surface area contributed by atoms with Crippen molar-refractivity contribution in [2.45, 2.75) is 12.9 Å². The number of nitrogens with zero attached hydrogens (tertiary/aromatic N) is 1. The van der Waals surface area contributed by atoms with Crippen LogP contribution in [0.2, 0.25) is 0 Å². The summed E-state index contributed by atoms with van der Waals surface area (Å²) in [6, 6.07) is 3.65. The number of fused-ring (bicyclic) bond motifs is 1. The Morgan fingerprint density at radius 2 is 2.12 bits per heavy atom. The summed E-state index contributed by atoms with van der Waals surface area (Å²) in [6.07, 6.45) is -4.71. The fourth-order valence-electron chi connectivity index (χ4n) is 1.24. The normalized spacial score (nSPS) is 12.0. The molecule has 0 amide bonds. The number of halogens is 3. The average Bonchev–Trinajstić information content (AvgIpc) is 2.57. The van der Waals surface area contributed by atoms with Crippen LogP contribution in [0.3, 0.4) is 0 Å². The van der Waals surface area contributed by atoms with Gasteiger partial charge in [-0.25, -0.2) is 4.98 Å². The van der Waals surface area contributed by atoms with Gasteiger partial charge in [0, 0.05) is 6.07 Å². The van der Waals surface area contributed by atoms with E-state index in [4.69, 9.17) is 10.2 Å². The molecule has 1 aromatic carbocycles. The second kappa shape index (κ2) is 3.67. The van der Waals surface area contributed by atoms with Crippen LogP contribution in [0.4, 0.5) is 13.2 Å². The SMILES string of the molecule is NCc1nc2cc(OC(F)(F)F)ccc2o1. The van der Waals surface area contributed by atoms with Crippen LogP contribution in [-0.4, -0.2) is 11.3 Å². The highest BCUT2D eigenvalue weighted by Gasteiger charge is 2.31. The maximum absolute atomic E-state index is 11.9. The van der Waals surface area contributed by atoms with Crippen molar-refractivity contribution < 1.29 is 22.3 Å². The van der Waals surface area contributed by atoms with Gasteiger partial charge >= 0.3 is 6.36 Å². The van der Waals surface area contributed by atoms with Crippen LogP contribution in [0.15, 0.2) is 22.6 Å². The van der Waals surface area contributed by atoms with Crippen molar-refractivity contribution in [2.24, 2.45) is 5.73 Å². The summed E-state index contributed by atoms with van der Waals surface area (Å²) in [5, 5.41) is 0. The second-order valence-corrected chi connectivity index (χ2v) is 2.99. The van der Waals surface area contributed by atoms with Crippen molar-refractivity contribution in [2.75, 3.05) is 0 Å². The zero-order chi connectivity index (χ0) is 11.8. The highest BCUT2D eigenvalue weighted by molar-refractivity contribution is 5.74. The third kappa shape index (κ3) is 2.25.